The van der Waals surface area contributed by atoms with E-state index in [4.69, 9.17) is 14.6 Å². The third-order valence-electron chi connectivity index (χ3n) is 3.24. The van der Waals surface area contributed by atoms with Gasteiger partial charge in [-0.05, 0) is 36.5 Å². The lowest BCUT2D eigenvalue weighted by molar-refractivity contribution is -0.131. The molecule has 1 unspecified atom stereocenters. The van der Waals surface area contributed by atoms with Crippen LogP contribution in [0.1, 0.15) is 30.4 Å². The number of benzene rings is 1. The number of carboxylic acids is 1. The smallest absolute Gasteiger partial charge is 0.328 e. The Morgan fingerprint density at radius 3 is 2.80 bits per heavy atom. The Hall–Kier alpha value is -1.65. The summed E-state index contributed by atoms with van der Waals surface area (Å²) < 4.78 is 11.3. The van der Waals surface area contributed by atoms with Crippen molar-refractivity contribution in [2.24, 2.45) is 0 Å². The van der Waals surface area contributed by atoms with Gasteiger partial charge >= 0.3 is 5.97 Å². The van der Waals surface area contributed by atoms with Gasteiger partial charge in [0.1, 0.15) is 0 Å². The molecule has 108 valence electrons. The second kappa shape index (κ2) is 7.82. The molecule has 1 aliphatic heterocycles. The Balaban J connectivity index is 1.74. The molecule has 1 N–H and O–H groups in total. The average Bonchev–Trinajstić information content (AvgIpc) is 2.47. The standard InChI is InChI=1S/C16H20O4/c17-16(18)9-8-13-4-6-14(7-5-13)11-19-12-15-3-1-2-10-20-15/h4-9,15H,1-3,10-12H2,(H,17,18). The Morgan fingerprint density at radius 1 is 1.35 bits per heavy atom. The van der Waals surface area contributed by atoms with Crippen molar-refractivity contribution < 1.29 is 19.4 Å². The highest BCUT2D eigenvalue weighted by Gasteiger charge is 2.13. The first-order chi connectivity index (χ1) is 9.74. The number of ether oxygens (including phenoxy) is 2. The van der Waals surface area contributed by atoms with Crippen LogP contribution < -0.4 is 0 Å². The van der Waals surface area contributed by atoms with Gasteiger partial charge < -0.3 is 14.6 Å². The molecule has 1 aromatic carbocycles. The SMILES string of the molecule is O=C(O)C=Cc1ccc(COCC2CCCCO2)cc1. The Morgan fingerprint density at radius 2 is 2.15 bits per heavy atom. The lowest BCUT2D eigenvalue weighted by atomic mass is 10.1. The summed E-state index contributed by atoms with van der Waals surface area (Å²) in [5.74, 6) is -0.940. The van der Waals surface area contributed by atoms with E-state index in [1.165, 1.54) is 6.42 Å². The van der Waals surface area contributed by atoms with Gasteiger partial charge in [-0.2, -0.15) is 0 Å². The van der Waals surface area contributed by atoms with Crippen molar-refractivity contribution in [3.8, 4) is 0 Å². The van der Waals surface area contributed by atoms with Gasteiger partial charge in [-0.1, -0.05) is 24.3 Å². The lowest BCUT2D eigenvalue weighted by Gasteiger charge is -2.22. The number of aliphatic carboxylic acids is 1. The Labute approximate surface area is 119 Å². The molecule has 2 rings (SSSR count). The fraction of sp³-hybridized carbons (Fsp3) is 0.438. The zero-order valence-electron chi connectivity index (χ0n) is 11.5. The highest BCUT2D eigenvalue weighted by atomic mass is 16.5. The minimum absolute atomic E-state index is 0.238. The number of carboxylic acid groups (broad SMARTS) is 1. The number of carbonyl (C=O) groups is 1. The van der Waals surface area contributed by atoms with Crippen LogP contribution in [0.5, 0.6) is 0 Å². The predicted octanol–water partition coefficient (Wildman–Crippen LogP) is 2.87. The van der Waals surface area contributed by atoms with E-state index in [0.717, 1.165) is 36.7 Å². The molecule has 1 atom stereocenters. The molecule has 1 heterocycles. The van der Waals surface area contributed by atoms with E-state index in [-0.39, 0.29) is 6.10 Å². The Bertz CT molecular complexity index is 444. The van der Waals surface area contributed by atoms with Crippen LogP contribution in [0.4, 0.5) is 0 Å². The second-order valence-corrected chi connectivity index (χ2v) is 4.92. The molecule has 0 radical (unpaired) electrons. The topological polar surface area (TPSA) is 55.8 Å². The van der Waals surface area contributed by atoms with Gasteiger partial charge in [0.25, 0.3) is 0 Å². The first kappa shape index (κ1) is 14.8. The summed E-state index contributed by atoms with van der Waals surface area (Å²) in [5, 5.41) is 8.55. The van der Waals surface area contributed by atoms with E-state index in [2.05, 4.69) is 0 Å². The second-order valence-electron chi connectivity index (χ2n) is 4.92. The van der Waals surface area contributed by atoms with Gasteiger partial charge in [0.15, 0.2) is 0 Å². The molecule has 0 bridgehead atoms. The number of rotatable bonds is 6. The van der Waals surface area contributed by atoms with Crippen LogP contribution in [0.15, 0.2) is 30.3 Å². The fourth-order valence-corrected chi connectivity index (χ4v) is 2.14. The van der Waals surface area contributed by atoms with Crippen LogP contribution in [0, 0.1) is 0 Å². The fourth-order valence-electron chi connectivity index (χ4n) is 2.14. The minimum atomic E-state index is -0.940. The number of hydrogen-bond acceptors (Lipinski definition) is 3. The van der Waals surface area contributed by atoms with Crippen LogP contribution in [-0.2, 0) is 20.9 Å². The largest absolute Gasteiger partial charge is 0.478 e. The van der Waals surface area contributed by atoms with Crippen LogP contribution in [0.3, 0.4) is 0 Å². The molecule has 20 heavy (non-hydrogen) atoms. The third kappa shape index (κ3) is 5.15. The normalized spacial score (nSPS) is 19.3. The van der Waals surface area contributed by atoms with E-state index in [9.17, 15) is 4.79 Å². The van der Waals surface area contributed by atoms with Crippen molar-refractivity contribution in [2.45, 2.75) is 32.0 Å². The lowest BCUT2D eigenvalue weighted by Crippen LogP contribution is -2.24. The maximum absolute atomic E-state index is 10.4. The van der Waals surface area contributed by atoms with Gasteiger partial charge in [-0.15, -0.1) is 0 Å². The van der Waals surface area contributed by atoms with Gasteiger partial charge in [0, 0.05) is 12.7 Å². The maximum atomic E-state index is 10.4. The van der Waals surface area contributed by atoms with Gasteiger partial charge in [0.2, 0.25) is 0 Å². The molecule has 1 aromatic rings. The molecule has 0 aromatic heterocycles. The van der Waals surface area contributed by atoms with E-state index >= 15 is 0 Å². The van der Waals surface area contributed by atoms with Crippen molar-refractivity contribution in [1.29, 1.82) is 0 Å². The van der Waals surface area contributed by atoms with E-state index in [1.807, 2.05) is 24.3 Å². The number of hydrogen-bond donors (Lipinski definition) is 1. The third-order valence-corrected chi connectivity index (χ3v) is 3.24. The molecular formula is C16H20O4. The van der Waals surface area contributed by atoms with Crippen molar-refractivity contribution >= 4 is 12.0 Å². The first-order valence-electron chi connectivity index (χ1n) is 6.93. The van der Waals surface area contributed by atoms with Gasteiger partial charge in [-0.25, -0.2) is 4.79 Å². The molecule has 0 amide bonds. The summed E-state index contributed by atoms with van der Waals surface area (Å²) in [7, 11) is 0. The van der Waals surface area contributed by atoms with E-state index in [1.54, 1.807) is 6.08 Å². The first-order valence-corrected chi connectivity index (χ1v) is 6.93. The quantitative estimate of drug-likeness (QED) is 0.812. The van der Waals surface area contributed by atoms with Crippen molar-refractivity contribution in [2.75, 3.05) is 13.2 Å². The predicted molar refractivity (Wildman–Crippen MR) is 76.4 cm³/mol. The zero-order chi connectivity index (χ0) is 14.2. The summed E-state index contributed by atoms with van der Waals surface area (Å²) >= 11 is 0. The van der Waals surface area contributed by atoms with E-state index < -0.39 is 5.97 Å². The molecule has 1 saturated heterocycles. The van der Waals surface area contributed by atoms with Gasteiger partial charge in [0.05, 0.1) is 19.3 Å². The summed E-state index contributed by atoms with van der Waals surface area (Å²) in [6.45, 7) is 2.04. The minimum Gasteiger partial charge on any atom is -0.478 e. The van der Waals surface area contributed by atoms with Crippen molar-refractivity contribution in [3.63, 3.8) is 0 Å². The highest BCUT2D eigenvalue weighted by Crippen LogP contribution is 2.14. The summed E-state index contributed by atoms with van der Waals surface area (Å²) in [6, 6.07) is 7.66. The zero-order valence-corrected chi connectivity index (χ0v) is 11.5. The van der Waals surface area contributed by atoms with Crippen LogP contribution in [0.2, 0.25) is 0 Å². The molecule has 1 fully saturated rings. The molecular weight excluding hydrogens is 256 g/mol. The monoisotopic (exact) mass is 276 g/mol. The van der Waals surface area contributed by atoms with E-state index in [0.29, 0.717) is 13.2 Å². The summed E-state index contributed by atoms with van der Waals surface area (Å²) in [6.07, 6.45) is 6.40. The van der Waals surface area contributed by atoms with Crippen molar-refractivity contribution in [3.05, 3.63) is 41.5 Å². The maximum Gasteiger partial charge on any atom is 0.328 e. The molecule has 1 aliphatic rings. The summed E-state index contributed by atoms with van der Waals surface area (Å²) in [5.41, 5.74) is 1.94. The molecule has 0 aliphatic carbocycles. The van der Waals surface area contributed by atoms with Crippen LogP contribution in [0.25, 0.3) is 6.08 Å². The molecule has 4 heteroatoms. The molecule has 0 spiro atoms. The average molecular weight is 276 g/mol. The highest BCUT2D eigenvalue weighted by molar-refractivity contribution is 5.85. The van der Waals surface area contributed by atoms with Gasteiger partial charge in [-0.3, -0.25) is 0 Å². The molecule has 4 nitrogen and oxygen atoms in total. The van der Waals surface area contributed by atoms with Crippen molar-refractivity contribution in [1.82, 2.24) is 0 Å². The Kier molecular flexibility index (Phi) is 5.77. The summed E-state index contributed by atoms with van der Waals surface area (Å²) in [4.78, 5) is 10.4. The van der Waals surface area contributed by atoms with Crippen LogP contribution >= 0.6 is 0 Å². The van der Waals surface area contributed by atoms with Crippen LogP contribution in [-0.4, -0.2) is 30.4 Å². The molecule has 0 saturated carbocycles.